The van der Waals surface area contributed by atoms with E-state index >= 15 is 0 Å². The van der Waals surface area contributed by atoms with Crippen molar-refractivity contribution in [2.24, 2.45) is 5.92 Å². The third-order valence-corrected chi connectivity index (χ3v) is 6.71. The third-order valence-electron chi connectivity index (χ3n) is 5.77. The van der Waals surface area contributed by atoms with Gasteiger partial charge < -0.3 is 19.7 Å². The Hall–Kier alpha value is -3.65. The largest absolute Gasteiger partial charge is 0.497 e. The minimum absolute atomic E-state index is 0.0384. The molecule has 0 spiro atoms. The molecular weight excluding hydrogens is 452 g/mol. The van der Waals surface area contributed by atoms with Gasteiger partial charge in [0.25, 0.3) is 5.91 Å². The topological polar surface area (TPSA) is 84.9 Å². The van der Waals surface area contributed by atoms with Crippen LogP contribution in [0.2, 0.25) is 0 Å². The van der Waals surface area contributed by atoms with E-state index in [1.165, 1.54) is 11.3 Å². The fourth-order valence-electron chi connectivity index (χ4n) is 4.05. The number of carbonyl (C=O) groups excluding carboxylic acids is 3. The minimum atomic E-state index is -0.577. The first-order chi connectivity index (χ1) is 16.5. The first-order valence-electron chi connectivity index (χ1n) is 11.0. The predicted molar refractivity (Wildman–Crippen MR) is 131 cm³/mol. The van der Waals surface area contributed by atoms with E-state index < -0.39 is 30.4 Å². The highest BCUT2D eigenvalue weighted by molar-refractivity contribution is 7.10. The zero-order valence-electron chi connectivity index (χ0n) is 19.0. The number of methoxy groups -OCH3 is 1. The van der Waals surface area contributed by atoms with Gasteiger partial charge in [-0.25, -0.2) is 0 Å². The van der Waals surface area contributed by atoms with Crippen LogP contribution in [0.5, 0.6) is 5.75 Å². The zero-order chi connectivity index (χ0) is 24.1. The first-order valence-corrected chi connectivity index (χ1v) is 11.9. The summed E-state index contributed by atoms with van der Waals surface area (Å²) < 4.78 is 10.5. The maximum atomic E-state index is 13.1. The van der Waals surface area contributed by atoms with E-state index in [1.54, 1.807) is 36.3 Å². The van der Waals surface area contributed by atoms with Crippen molar-refractivity contribution in [1.29, 1.82) is 0 Å². The molecule has 3 aromatic rings. The molecule has 0 aliphatic carbocycles. The van der Waals surface area contributed by atoms with Gasteiger partial charge in [0.1, 0.15) is 5.75 Å². The number of anilines is 2. The highest BCUT2D eigenvalue weighted by Crippen LogP contribution is 2.42. The van der Waals surface area contributed by atoms with E-state index in [1.807, 2.05) is 48.7 Å². The molecule has 34 heavy (non-hydrogen) atoms. The fourth-order valence-corrected chi connectivity index (χ4v) is 4.93. The SMILES string of the molecule is COc1ccc(NC(=O)COC(=O)C2CCC(=O)N(c3ccc(C)cc3)C2c2cccs2)cc1. The van der Waals surface area contributed by atoms with Crippen molar-refractivity contribution in [2.45, 2.75) is 25.8 Å². The van der Waals surface area contributed by atoms with Gasteiger partial charge >= 0.3 is 5.97 Å². The maximum Gasteiger partial charge on any atom is 0.311 e. The lowest BCUT2D eigenvalue weighted by atomic mass is 9.87. The first kappa shape index (κ1) is 23.5. The second-order valence-electron chi connectivity index (χ2n) is 8.09. The van der Waals surface area contributed by atoms with Gasteiger partial charge in [-0.15, -0.1) is 11.3 Å². The summed E-state index contributed by atoms with van der Waals surface area (Å²) in [6.45, 7) is 1.58. The van der Waals surface area contributed by atoms with Gasteiger partial charge in [-0.3, -0.25) is 14.4 Å². The molecule has 1 aromatic heterocycles. The van der Waals surface area contributed by atoms with E-state index in [4.69, 9.17) is 9.47 Å². The molecular formula is C26H26N2O5S. The molecule has 1 saturated heterocycles. The summed E-state index contributed by atoms with van der Waals surface area (Å²) in [4.78, 5) is 41.0. The van der Waals surface area contributed by atoms with Gasteiger partial charge in [-0.2, -0.15) is 0 Å². The Labute approximate surface area is 202 Å². The molecule has 0 saturated carbocycles. The van der Waals surface area contributed by atoms with Crippen molar-refractivity contribution in [1.82, 2.24) is 0 Å². The molecule has 2 aromatic carbocycles. The molecule has 2 heterocycles. The number of rotatable bonds is 7. The predicted octanol–water partition coefficient (Wildman–Crippen LogP) is 4.73. The van der Waals surface area contributed by atoms with Crippen LogP contribution in [0.15, 0.2) is 66.0 Å². The molecule has 2 unspecified atom stereocenters. The quantitative estimate of drug-likeness (QED) is 0.496. The maximum absolute atomic E-state index is 13.1. The van der Waals surface area contributed by atoms with Crippen LogP contribution >= 0.6 is 11.3 Å². The van der Waals surface area contributed by atoms with Gasteiger partial charge in [0.05, 0.1) is 19.1 Å². The lowest BCUT2D eigenvalue weighted by Crippen LogP contribution is -2.46. The van der Waals surface area contributed by atoms with E-state index in [2.05, 4.69) is 5.32 Å². The van der Waals surface area contributed by atoms with E-state index in [0.717, 1.165) is 16.1 Å². The van der Waals surface area contributed by atoms with Crippen LogP contribution in [0.25, 0.3) is 0 Å². The van der Waals surface area contributed by atoms with Gasteiger partial charge in [0.2, 0.25) is 5.91 Å². The second-order valence-corrected chi connectivity index (χ2v) is 9.07. The minimum Gasteiger partial charge on any atom is -0.497 e. The number of carbonyl (C=O) groups is 3. The van der Waals surface area contributed by atoms with Crippen LogP contribution in [-0.4, -0.2) is 31.5 Å². The highest BCUT2D eigenvalue weighted by atomic mass is 32.1. The molecule has 0 radical (unpaired) electrons. The van der Waals surface area contributed by atoms with Crippen molar-refractivity contribution in [2.75, 3.05) is 23.9 Å². The van der Waals surface area contributed by atoms with Crippen molar-refractivity contribution < 1.29 is 23.9 Å². The molecule has 2 atom stereocenters. The van der Waals surface area contributed by atoms with Crippen molar-refractivity contribution in [3.8, 4) is 5.75 Å². The number of hydrogen-bond acceptors (Lipinski definition) is 6. The number of benzene rings is 2. The van der Waals surface area contributed by atoms with E-state index in [0.29, 0.717) is 17.9 Å². The number of piperidine rings is 1. The van der Waals surface area contributed by atoms with Crippen LogP contribution in [0.3, 0.4) is 0 Å². The monoisotopic (exact) mass is 478 g/mol. The Balaban J connectivity index is 1.48. The molecule has 2 amide bonds. The molecule has 176 valence electrons. The van der Waals surface area contributed by atoms with Crippen molar-refractivity contribution in [3.05, 3.63) is 76.5 Å². The highest BCUT2D eigenvalue weighted by Gasteiger charge is 2.43. The van der Waals surface area contributed by atoms with Crippen LogP contribution < -0.4 is 15.0 Å². The average Bonchev–Trinajstić information content (AvgIpc) is 3.38. The number of amides is 2. The fraction of sp³-hybridized carbons (Fsp3) is 0.269. The number of thiophene rings is 1. The molecule has 1 aliphatic heterocycles. The molecule has 1 N–H and O–H groups in total. The van der Waals surface area contributed by atoms with Gasteiger partial charge in [-0.05, 0) is 61.2 Å². The summed E-state index contributed by atoms with van der Waals surface area (Å²) in [5.74, 6) is -0.870. The average molecular weight is 479 g/mol. The van der Waals surface area contributed by atoms with E-state index in [9.17, 15) is 14.4 Å². The van der Waals surface area contributed by atoms with Crippen LogP contribution in [0.1, 0.15) is 29.3 Å². The molecule has 7 nitrogen and oxygen atoms in total. The normalized spacial score (nSPS) is 17.8. The van der Waals surface area contributed by atoms with Gasteiger partial charge in [-0.1, -0.05) is 23.8 Å². The summed E-state index contributed by atoms with van der Waals surface area (Å²) in [6.07, 6.45) is 0.594. The summed E-state index contributed by atoms with van der Waals surface area (Å²) in [5, 5.41) is 4.63. The summed E-state index contributed by atoms with van der Waals surface area (Å²) in [5.41, 5.74) is 2.40. The number of nitrogens with one attached hydrogen (secondary N) is 1. The summed E-state index contributed by atoms with van der Waals surface area (Å²) in [6, 6.07) is 17.9. The summed E-state index contributed by atoms with van der Waals surface area (Å²) in [7, 11) is 1.56. The van der Waals surface area contributed by atoms with E-state index in [-0.39, 0.29) is 12.3 Å². The Kier molecular flexibility index (Phi) is 7.27. The van der Waals surface area contributed by atoms with Gasteiger partial charge in [0.15, 0.2) is 6.61 Å². The number of ether oxygens (including phenoxy) is 2. The molecule has 8 heteroatoms. The van der Waals surface area contributed by atoms with Crippen LogP contribution in [0.4, 0.5) is 11.4 Å². The Morgan fingerprint density at radius 3 is 2.47 bits per heavy atom. The number of nitrogens with zero attached hydrogens (tertiary/aromatic N) is 1. The zero-order valence-corrected chi connectivity index (χ0v) is 19.8. The third kappa shape index (κ3) is 5.28. The molecule has 4 rings (SSSR count). The number of hydrogen-bond donors (Lipinski definition) is 1. The lowest BCUT2D eigenvalue weighted by Gasteiger charge is -2.39. The van der Waals surface area contributed by atoms with Crippen molar-refractivity contribution in [3.63, 3.8) is 0 Å². The Bertz CT molecular complexity index is 1140. The van der Waals surface area contributed by atoms with Crippen molar-refractivity contribution >= 4 is 40.5 Å². The van der Waals surface area contributed by atoms with Crippen LogP contribution in [-0.2, 0) is 19.1 Å². The lowest BCUT2D eigenvalue weighted by molar-refractivity contribution is -0.153. The standard InChI is InChI=1S/C26H26N2O5S/c1-17-5-9-19(10-6-17)28-24(30)14-13-21(25(28)22-4-3-15-34-22)26(31)33-16-23(29)27-18-7-11-20(32-2)12-8-18/h3-12,15,21,25H,13-14,16H2,1-2H3,(H,27,29). The van der Waals surface area contributed by atoms with Gasteiger partial charge in [0, 0.05) is 22.7 Å². The van der Waals surface area contributed by atoms with Crippen LogP contribution in [0, 0.1) is 12.8 Å². The Morgan fingerprint density at radius 2 is 1.82 bits per heavy atom. The molecule has 1 aliphatic rings. The second kappa shape index (κ2) is 10.5. The number of esters is 1. The molecule has 1 fully saturated rings. The summed E-state index contributed by atoms with van der Waals surface area (Å²) >= 11 is 1.49. The Morgan fingerprint density at radius 1 is 1.09 bits per heavy atom. The number of aryl methyl sites for hydroxylation is 1. The molecule has 0 bridgehead atoms. The smallest absolute Gasteiger partial charge is 0.311 e.